The fourth-order valence-corrected chi connectivity index (χ4v) is 3.54. The number of aromatic nitrogens is 3. The van der Waals surface area contributed by atoms with E-state index >= 15 is 0 Å². The van der Waals surface area contributed by atoms with E-state index in [0.717, 1.165) is 16.6 Å². The molecule has 3 amide bonds. The smallest absolute Gasteiger partial charge is 0.323 e. The van der Waals surface area contributed by atoms with E-state index in [1.54, 1.807) is 41.7 Å². The van der Waals surface area contributed by atoms with Crippen LogP contribution < -0.4 is 10.6 Å². The van der Waals surface area contributed by atoms with Crippen LogP contribution >= 0.6 is 0 Å². The van der Waals surface area contributed by atoms with Gasteiger partial charge in [-0.25, -0.2) is 14.8 Å². The molecule has 0 fully saturated rings. The number of nitrogens with one attached hydrogen (secondary N) is 3. The molecule has 0 aliphatic heterocycles. The summed E-state index contributed by atoms with van der Waals surface area (Å²) < 4.78 is 0. The lowest BCUT2D eigenvalue weighted by atomic mass is 10.1. The van der Waals surface area contributed by atoms with Crippen LogP contribution in [0.5, 0.6) is 0 Å². The molecule has 4 rings (SSSR count). The quantitative estimate of drug-likeness (QED) is 0.412. The van der Waals surface area contributed by atoms with E-state index in [1.807, 2.05) is 44.2 Å². The number of benzene rings is 2. The minimum absolute atomic E-state index is 0.0582. The largest absolute Gasteiger partial charge is 0.343 e. The van der Waals surface area contributed by atoms with Gasteiger partial charge in [-0.05, 0) is 55.8 Å². The van der Waals surface area contributed by atoms with Gasteiger partial charge >= 0.3 is 6.03 Å². The van der Waals surface area contributed by atoms with Crippen LogP contribution in [0, 0.1) is 0 Å². The van der Waals surface area contributed by atoms with Crippen molar-refractivity contribution in [2.45, 2.75) is 13.8 Å². The van der Waals surface area contributed by atoms with Gasteiger partial charge in [-0.15, -0.1) is 0 Å². The summed E-state index contributed by atoms with van der Waals surface area (Å²) in [6, 6.07) is 16.0. The van der Waals surface area contributed by atoms with Crippen LogP contribution in [-0.4, -0.2) is 44.9 Å². The molecule has 4 aromatic rings. The van der Waals surface area contributed by atoms with Crippen molar-refractivity contribution >= 4 is 34.5 Å². The van der Waals surface area contributed by atoms with Crippen LogP contribution in [0.3, 0.4) is 0 Å². The van der Waals surface area contributed by atoms with E-state index in [2.05, 4.69) is 25.6 Å². The third kappa shape index (κ3) is 4.44. The average molecular weight is 428 g/mol. The van der Waals surface area contributed by atoms with Crippen LogP contribution in [0.4, 0.5) is 16.2 Å². The predicted octanol–water partition coefficient (Wildman–Crippen LogP) is 4.75. The third-order valence-electron chi connectivity index (χ3n) is 5.20. The molecule has 0 saturated carbocycles. The number of carbonyl (C=O) groups is 2. The van der Waals surface area contributed by atoms with Gasteiger partial charge in [-0.1, -0.05) is 18.2 Å². The molecule has 0 spiro atoms. The number of anilines is 2. The predicted molar refractivity (Wildman–Crippen MR) is 126 cm³/mol. The lowest BCUT2D eigenvalue weighted by Gasteiger charge is -2.19. The molecular formula is C24H24N6O2. The molecule has 0 atom stereocenters. The van der Waals surface area contributed by atoms with Crippen molar-refractivity contribution in [2.75, 3.05) is 23.7 Å². The normalized spacial score (nSPS) is 10.7. The van der Waals surface area contributed by atoms with Crippen molar-refractivity contribution in [3.63, 3.8) is 0 Å². The number of aromatic amines is 1. The molecule has 0 aliphatic rings. The second-order valence-corrected chi connectivity index (χ2v) is 7.17. The van der Waals surface area contributed by atoms with Gasteiger partial charge in [0.25, 0.3) is 5.91 Å². The van der Waals surface area contributed by atoms with E-state index in [-0.39, 0.29) is 11.9 Å². The topological polar surface area (TPSA) is 103 Å². The van der Waals surface area contributed by atoms with E-state index in [1.165, 1.54) is 0 Å². The Morgan fingerprint density at radius 3 is 2.44 bits per heavy atom. The SMILES string of the molecule is CCN(CC)C(=O)c1cccc(NC(=O)Nc2ccc(-c3ccnc4nc[nH]c34)cc2)c1. The Morgan fingerprint density at radius 2 is 1.69 bits per heavy atom. The number of hydrogen-bond acceptors (Lipinski definition) is 4. The maximum absolute atomic E-state index is 12.5. The number of imidazole rings is 1. The summed E-state index contributed by atoms with van der Waals surface area (Å²) in [6.45, 7) is 5.15. The van der Waals surface area contributed by atoms with Gasteiger partial charge in [-0.3, -0.25) is 4.79 Å². The summed E-state index contributed by atoms with van der Waals surface area (Å²) in [7, 11) is 0. The van der Waals surface area contributed by atoms with Crippen LogP contribution in [-0.2, 0) is 0 Å². The summed E-state index contributed by atoms with van der Waals surface area (Å²) in [6.07, 6.45) is 3.34. The molecule has 8 nitrogen and oxygen atoms in total. The third-order valence-corrected chi connectivity index (χ3v) is 5.20. The number of amides is 3. The molecule has 2 aromatic heterocycles. The standard InChI is InChI=1S/C24H24N6O2/c1-3-30(4-2)23(31)17-6-5-7-19(14-17)29-24(32)28-18-10-8-16(9-11-18)20-12-13-25-22-21(20)26-15-27-22/h5-15H,3-4H2,1-2H3,(H,25,26,27)(H2,28,29,32). The first kappa shape index (κ1) is 21.0. The zero-order chi connectivity index (χ0) is 22.5. The number of nitrogens with zero attached hydrogens (tertiary/aromatic N) is 3. The zero-order valence-corrected chi connectivity index (χ0v) is 17.9. The maximum Gasteiger partial charge on any atom is 0.323 e. The van der Waals surface area contributed by atoms with Gasteiger partial charge in [0.1, 0.15) is 0 Å². The fraction of sp³-hybridized carbons (Fsp3) is 0.167. The molecule has 0 radical (unpaired) electrons. The van der Waals surface area contributed by atoms with Crippen molar-refractivity contribution in [2.24, 2.45) is 0 Å². The first-order valence-electron chi connectivity index (χ1n) is 10.4. The van der Waals surface area contributed by atoms with Crippen LogP contribution in [0.25, 0.3) is 22.3 Å². The molecule has 32 heavy (non-hydrogen) atoms. The average Bonchev–Trinajstić information content (AvgIpc) is 3.29. The van der Waals surface area contributed by atoms with Gasteiger partial charge in [0.05, 0.1) is 11.8 Å². The molecule has 8 heteroatoms. The Morgan fingerprint density at radius 1 is 0.938 bits per heavy atom. The van der Waals surface area contributed by atoms with E-state index in [4.69, 9.17) is 0 Å². The number of hydrogen-bond donors (Lipinski definition) is 3. The van der Waals surface area contributed by atoms with E-state index < -0.39 is 0 Å². The Kier molecular flexibility index (Phi) is 6.12. The number of urea groups is 1. The van der Waals surface area contributed by atoms with Gasteiger partial charge in [0, 0.05) is 41.8 Å². The second kappa shape index (κ2) is 9.30. The highest BCUT2D eigenvalue weighted by atomic mass is 16.2. The summed E-state index contributed by atoms with van der Waals surface area (Å²) in [4.78, 5) is 38.3. The molecule has 0 aliphatic carbocycles. The van der Waals surface area contributed by atoms with Crippen molar-refractivity contribution in [3.8, 4) is 11.1 Å². The van der Waals surface area contributed by atoms with E-state index in [0.29, 0.717) is 35.7 Å². The van der Waals surface area contributed by atoms with E-state index in [9.17, 15) is 9.59 Å². The molecule has 2 heterocycles. The van der Waals surface area contributed by atoms with Crippen LogP contribution in [0.2, 0.25) is 0 Å². The Balaban J connectivity index is 1.43. The number of fused-ring (bicyclic) bond motifs is 1. The Labute approximate surface area is 185 Å². The Bertz CT molecular complexity index is 1240. The number of H-pyrrole nitrogens is 1. The van der Waals surface area contributed by atoms with Crippen LogP contribution in [0.1, 0.15) is 24.2 Å². The van der Waals surface area contributed by atoms with Gasteiger partial charge in [0.2, 0.25) is 0 Å². The Hall–Kier alpha value is -4.20. The van der Waals surface area contributed by atoms with Crippen LogP contribution in [0.15, 0.2) is 67.1 Å². The highest BCUT2D eigenvalue weighted by Gasteiger charge is 2.13. The molecule has 2 aromatic carbocycles. The van der Waals surface area contributed by atoms with Crippen molar-refractivity contribution in [3.05, 3.63) is 72.7 Å². The fourth-order valence-electron chi connectivity index (χ4n) is 3.54. The number of pyridine rings is 1. The van der Waals surface area contributed by atoms with Gasteiger partial charge < -0.3 is 20.5 Å². The summed E-state index contributed by atoms with van der Waals surface area (Å²) in [5, 5.41) is 5.60. The van der Waals surface area contributed by atoms with Gasteiger partial charge in [-0.2, -0.15) is 0 Å². The molecule has 162 valence electrons. The monoisotopic (exact) mass is 428 g/mol. The maximum atomic E-state index is 12.5. The zero-order valence-electron chi connectivity index (χ0n) is 17.9. The van der Waals surface area contributed by atoms with Crippen molar-refractivity contribution in [1.29, 1.82) is 0 Å². The molecule has 0 saturated heterocycles. The summed E-state index contributed by atoms with van der Waals surface area (Å²) >= 11 is 0. The summed E-state index contributed by atoms with van der Waals surface area (Å²) in [5.41, 5.74) is 5.23. The minimum Gasteiger partial charge on any atom is -0.343 e. The van der Waals surface area contributed by atoms with Crippen molar-refractivity contribution < 1.29 is 9.59 Å². The number of rotatable bonds is 6. The molecule has 0 unspecified atom stereocenters. The lowest BCUT2D eigenvalue weighted by Crippen LogP contribution is -2.30. The molecule has 3 N–H and O–H groups in total. The minimum atomic E-state index is -0.384. The first-order valence-corrected chi connectivity index (χ1v) is 10.4. The van der Waals surface area contributed by atoms with Gasteiger partial charge in [0.15, 0.2) is 5.65 Å². The summed E-state index contributed by atoms with van der Waals surface area (Å²) in [5.74, 6) is -0.0582. The first-order chi connectivity index (χ1) is 15.6. The molecular weight excluding hydrogens is 404 g/mol. The van der Waals surface area contributed by atoms with Crippen molar-refractivity contribution in [1.82, 2.24) is 19.9 Å². The number of carbonyl (C=O) groups excluding carboxylic acids is 2. The lowest BCUT2D eigenvalue weighted by molar-refractivity contribution is 0.0773. The second-order valence-electron chi connectivity index (χ2n) is 7.17. The highest BCUT2D eigenvalue weighted by molar-refractivity contribution is 6.01. The molecule has 0 bridgehead atoms. The highest BCUT2D eigenvalue weighted by Crippen LogP contribution is 2.26.